The zero-order valence-corrected chi connectivity index (χ0v) is 25.1. The molecule has 0 spiro atoms. The summed E-state index contributed by atoms with van der Waals surface area (Å²) >= 11 is 0. The molecule has 0 aliphatic rings. The predicted molar refractivity (Wildman–Crippen MR) is 187 cm³/mol. The summed E-state index contributed by atoms with van der Waals surface area (Å²) < 4.78 is 6.43. The summed E-state index contributed by atoms with van der Waals surface area (Å²) in [4.78, 5) is 24.7. The third kappa shape index (κ3) is 4.89. The lowest BCUT2D eigenvalue weighted by Gasteiger charge is -2.10. The van der Waals surface area contributed by atoms with Gasteiger partial charge in [0.25, 0.3) is 0 Å². The van der Waals surface area contributed by atoms with Crippen molar-refractivity contribution in [2.45, 2.75) is 0 Å². The Balaban J connectivity index is 1.19. The molecule has 0 amide bonds. The Bertz CT molecular complexity index is 2500. The van der Waals surface area contributed by atoms with Crippen LogP contribution in [0.2, 0.25) is 0 Å². The maximum atomic E-state index is 6.43. The van der Waals surface area contributed by atoms with E-state index in [1.165, 1.54) is 0 Å². The first-order chi connectivity index (χ1) is 23.3. The third-order valence-electron chi connectivity index (χ3n) is 8.34. The predicted octanol–water partition coefficient (Wildman–Crippen LogP) is 10.0. The largest absolute Gasteiger partial charge is 0.454 e. The van der Waals surface area contributed by atoms with E-state index in [4.69, 9.17) is 29.3 Å². The highest BCUT2D eigenvalue weighted by Crippen LogP contribution is 2.38. The fourth-order valence-electron chi connectivity index (χ4n) is 5.97. The number of furan rings is 1. The Hall–Kier alpha value is -6.53. The van der Waals surface area contributed by atoms with Gasteiger partial charge in [0.05, 0.1) is 16.9 Å². The molecule has 0 aliphatic heterocycles. The van der Waals surface area contributed by atoms with E-state index in [9.17, 15) is 0 Å². The highest BCUT2D eigenvalue weighted by molar-refractivity contribution is 6.08. The average Bonchev–Trinajstić information content (AvgIpc) is 3.53. The zero-order valence-electron chi connectivity index (χ0n) is 25.1. The summed E-state index contributed by atoms with van der Waals surface area (Å²) in [5.74, 6) is 1.86. The number of para-hydroxylation sites is 2. The van der Waals surface area contributed by atoms with Gasteiger partial charge in [0.15, 0.2) is 23.1 Å². The van der Waals surface area contributed by atoms with E-state index in [-0.39, 0.29) is 0 Å². The van der Waals surface area contributed by atoms with Crippen LogP contribution in [0.5, 0.6) is 0 Å². The van der Waals surface area contributed by atoms with Gasteiger partial charge in [-0.1, -0.05) is 121 Å². The fraction of sp³-hybridized carbons (Fsp3) is 0. The van der Waals surface area contributed by atoms with Crippen molar-refractivity contribution in [2.24, 2.45) is 0 Å². The van der Waals surface area contributed by atoms with Gasteiger partial charge >= 0.3 is 0 Å². The van der Waals surface area contributed by atoms with E-state index in [0.717, 1.165) is 72.2 Å². The lowest BCUT2D eigenvalue weighted by atomic mass is 10.0. The van der Waals surface area contributed by atoms with Crippen LogP contribution in [0.15, 0.2) is 156 Å². The quantitative estimate of drug-likeness (QED) is 0.195. The van der Waals surface area contributed by atoms with Gasteiger partial charge in [-0.05, 0) is 35.9 Å². The van der Waals surface area contributed by atoms with Crippen molar-refractivity contribution < 1.29 is 4.42 Å². The number of nitrogens with zero attached hydrogens (tertiary/aromatic N) is 5. The maximum absolute atomic E-state index is 6.43. The van der Waals surface area contributed by atoms with Crippen LogP contribution >= 0.6 is 0 Å². The molecular formula is C41H25N5O. The Kier molecular flexibility index (Phi) is 6.35. The number of benzene rings is 5. The van der Waals surface area contributed by atoms with Gasteiger partial charge in [0.2, 0.25) is 0 Å². The number of aromatic nitrogens is 5. The second kappa shape index (κ2) is 11.1. The fourth-order valence-corrected chi connectivity index (χ4v) is 5.97. The second-order valence-corrected chi connectivity index (χ2v) is 11.3. The molecule has 4 heterocycles. The molecule has 47 heavy (non-hydrogen) atoms. The van der Waals surface area contributed by atoms with Crippen molar-refractivity contribution in [3.05, 3.63) is 152 Å². The number of fused-ring (bicyclic) bond motifs is 4. The highest BCUT2D eigenvalue weighted by atomic mass is 16.3. The van der Waals surface area contributed by atoms with E-state index in [2.05, 4.69) is 42.5 Å². The molecule has 0 aliphatic carbocycles. The van der Waals surface area contributed by atoms with Gasteiger partial charge in [-0.3, -0.25) is 0 Å². The number of pyridine rings is 2. The molecule has 6 nitrogen and oxygen atoms in total. The molecule has 0 unspecified atom stereocenters. The molecule has 9 rings (SSSR count). The molecule has 4 aromatic heterocycles. The van der Waals surface area contributed by atoms with Crippen molar-refractivity contribution in [1.82, 2.24) is 24.9 Å². The summed E-state index contributed by atoms with van der Waals surface area (Å²) in [6.45, 7) is 0. The minimum atomic E-state index is 0.605. The zero-order chi connectivity index (χ0) is 31.2. The molecule has 6 heteroatoms. The van der Waals surface area contributed by atoms with Crippen molar-refractivity contribution in [1.29, 1.82) is 0 Å². The van der Waals surface area contributed by atoms with Crippen LogP contribution in [0.4, 0.5) is 0 Å². The van der Waals surface area contributed by atoms with E-state index < -0.39 is 0 Å². The molecule has 0 saturated heterocycles. The first-order valence-corrected chi connectivity index (χ1v) is 15.4. The van der Waals surface area contributed by atoms with Gasteiger partial charge in [-0.15, -0.1) is 0 Å². The Morgan fingerprint density at radius 1 is 0.404 bits per heavy atom. The monoisotopic (exact) mass is 603 g/mol. The molecule has 0 N–H and O–H groups in total. The minimum Gasteiger partial charge on any atom is -0.454 e. The topological polar surface area (TPSA) is 77.6 Å². The van der Waals surface area contributed by atoms with Crippen molar-refractivity contribution in [3.8, 4) is 56.7 Å². The van der Waals surface area contributed by atoms with Crippen molar-refractivity contribution in [2.75, 3.05) is 0 Å². The van der Waals surface area contributed by atoms with Crippen molar-refractivity contribution in [3.63, 3.8) is 0 Å². The molecule has 9 aromatic rings. The van der Waals surface area contributed by atoms with Crippen LogP contribution in [-0.2, 0) is 0 Å². The lowest BCUT2D eigenvalue weighted by molar-refractivity contribution is 0.669. The van der Waals surface area contributed by atoms with Crippen LogP contribution in [0, 0.1) is 0 Å². The van der Waals surface area contributed by atoms with Crippen LogP contribution < -0.4 is 0 Å². The minimum absolute atomic E-state index is 0.605. The van der Waals surface area contributed by atoms with Gasteiger partial charge in [-0.2, -0.15) is 0 Å². The highest BCUT2D eigenvalue weighted by Gasteiger charge is 2.18. The molecule has 5 aromatic carbocycles. The molecule has 0 radical (unpaired) electrons. The SMILES string of the molecule is c1ccc(-c2nc(-c3ccccc3)nc(-c3ccc(-c4cc(-c5ccc6ccccc6n5)nc5c4oc4ccccc45)cc3)n2)cc1. The average molecular weight is 604 g/mol. The molecule has 0 bridgehead atoms. The first kappa shape index (κ1) is 26.8. The van der Waals surface area contributed by atoms with E-state index in [1.54, 1.807) is 0 Å². The third-order valence-corrected chi connectivity index (χ3v) is 8.34. The van der Waals surface area contributed by atoms with Crippen LogP contribution in [0.25, 0.3) is 89.7 Å². The normalized spacial score (nSPS) is 11.4. The summed E-state index contributed by atoms with van der Waals surface area (Å²) in [5, 5.41) is 2.06. The summed E-state index contributed by atoms with van der Waals surface area (Å²) in [5.41, 5.74) is 9.54. The standard InChI is InChI=1S/C41H25N5O/c1-3-12-28(13-4-1)39-44-40(29-14-5-2-6-15-29)46-41(45-39)30-21-19-26(20-22-30)32-25-35(34-24-23-27-11-7-9-17-33(27)42-34)43-37-31-16-8-10-18-36(31)47-38(32)37/h1-25H. The van der Waals surface area contributed by atoms with Gasteiger partial charge in [-0.25, -0.2) is 24.9 Å². The number of rotatable bonds is 5. The van der Waals surface area contributed by atoms with Crippen LogP contribution in [-0.4, -0.2) is 24.9 Å². The van der Waals surface area contributed by atoms with Crippen molar-refractivity contribution >= 4 is 33.0 Å². The van der Waals surface area contributed by atoms with Crippen LogP contribution in [0.3, 0.4) is 0 Å². The molecule has 220 valence electrons. The lowest BCUT2D eigenvalue weighted by Crippen LogP contribution is -2.00. The second-order valence-electron chi connectivity index (χ2n) is 11.3. The summed E-state index contributed by atoms with van der Waals surface area (Å²) in [6.07, 6.45) is 0. The van der Waals surface area contributed by atoms with Crippen LogP contribution in [0.1, 0.15) is 0 Å². The molecule has 0 fully saturated rings. The van der Waals surface area contributed by atoms with E-state index >= 15 is 0 Å². The van der Waals surface area contributed by atoms with Gasteiger partial charge in [0, 0.05) is 33.0 Å². The van der Waals surface area contributed by atoms with E-state index in [0.29, 0.717) is 17.5 Å². The van der Waals surface area contributed by atoms with E-state index in [1.807, 2.05) is 109 Å². The van der Waals surface area contributed by atoms with Gasteiger partial charge < -0.3 is 4.42 Å². The Morgan fingerprint density at radius 3 is 1.68 bits per heavy atom. The number of hydrogen-bond acceptors (Lipinski definition) is 6. The molecule has 0 atom stereocenters. The molecular weight excluding hydrogens is 578 g/mol. The Labute approximate surface area is 270 Å². The first-order valence-electron chi connectivity index (χ1n) is 15.4. The number of hydrogen-bond donors (Lipinski definition) is 0. The Morgan fingerprint density at radius 2 is 0.979 bits per heavy atom. The maximum Gasteiger partial charge on any atom is 0.164 e. The molecule has 0 saturated carbocycles. The van der Waals surface area contributed by atoms with Gasteiger partial charge in [0.1, 0.15) is 11.1 Å². The summed E-state index contributed by atoms with van der Waals surface area (Å²) in [7, 11) is 0. The summed E-state index contributed by atoms with van der Waals surface area (Å²) in [6, 6.07) is 50.6. The smallest absolute Gasteiger partial charge is 0.164 e.